The van der Waals surface area contributed by atoms with Crippen molar-refractivity contribution in [3.63, 3.8) is 0 Å². The molecule has 0 N–H and O–H groups in total. The Morgan fingerprint density at radius 2 is 1.12 bits per heavy atom. The van der Waals surface area contributed by atoms with Crippen LogP contribution in [-0.2, 0) is 9.47 Å². The van der Waals surface area contributed by atoms with Gasteiger partial charge in [0.2, 0.25) is 0 Å². The highest BCUT2D eigenvalue weighted by Gasteiger charge is 2.44. The molecule has 6 heteroatoms. The Hall–Kier alpha value is -1.46. The molecule has 2 aliphatic heterocycles. The molecule has 0 saturated carbocycles. The van der Waals surface area contributed by atoms with Gasteiger partial charge in [0.25, 0.3) is 0 Å². The lowest BCUT2D eigenvalue weighted by Gasteiger charge is -2.39. The van der Waals surface area contributed by atoms with Gasteiger partial charge in [-0.1, -0.05) is 0 Å². The molecular formula is C18H32N2O4. The minimum absolute atomic E-state index is 0.120. The Morgan fingerprint density at radius 1 is 0.750 bits per heavy atom. The summed E-state index contributed by atoms with van der Waals surface area (Å²) in [4.78, 5) is 28.0. The molecule has 2 amide bonds. The average Bonchev–Trinajstić information content (AvgIpc) is 2.80. The monoisotopic (exact) mass is 340 g/mol. The Kier molecular flexibility index (Phi) is 5.07. The van der Waals surface area contributed by atoms with Crippen molar-refractivity contribution in [3.05, 3.63) is 0 Å². The molecule has 0 unspecified atom stereocenters. The number of nitrogens with zero attached hydrogens (tertiary/aromatic N) is 2. The maximum atomic E-state index is 12.2. The first-order chi connectivity index (χ1) is 10.9. The summed E-state index contributed by atoms with van der Waals surface area (Å²) in [6.07, 6.45) is 2.33. The van der Waals surface area contributed by atoms with Gasteiger partial charge < -0.3 is 19.3 Å². The van der Waals surface area contributed by atoms with Gasteiger partial charge in [0.05, 0.1) is 0 Å². The number of hydrogen-bond acceptors (Lipinski definition) is 4. The fourth-order valence-electron chi connectivity index (χ4n) is 3.32. The highest BCUT2D eigenvalue weighted by atomic mass is 16.6. The van der Waals surface area contributed by atoms with Gasteiger partial charge >= 0.3 is 12.2 Å². The average molecular weight is 340 g/mol. The molecule has 1 spiro atoms. The molecule has 138 valence electrons. The summed E-state index contributed by atoms with van der Waals surface area (Å²) in [6, 6.07) is 0. The van der Waals surface area contributed by atoms with Crippen LogP contribution in [0.25, 0.3) is 0 Å². The van der Waals surface area contributed by atoms with Crippen LogP contribution in [0, 0.1) is 5.41 Å². The van der Waals surface area contributed by atoms with Gasteiger partial charge in [-0.05, 0) is 66.2 Å². The first kappa shape index (κ1) is 18.9. The minimum atomic E-state index is -0.465. The van der Waals surface area contributed by atoms with Crippen LogP contribution in [0.1, 0.15) is 60.8 Å². The molecule has 2 saturated heterocycles. The third-order valence-corrected chi connectivity index (χ3v) is 4.57. The standard InChI is InChI=1S/C18H32N2O4/c1-16(2,3)23-14(21)19-10-7-18(8-11-19)9-12-20(13-18)15(22)24-17(4,5)6/h7-13H2,1-6H3. The van der Waals surface area contributed by atoms with Crippen LogP contribution in [0.3, 0.4) is 0 Å². The predicted molar refractivity (Wildman–Crippen MR) is 91.9 cm³/mol. The predicted octanol–water partition coefficient (Wildman–Crippen LogP) is 3.64. The lowest BCUT2D eigenvalue weighted by atomic mass is 9.78. The van der Waals surface area contributed by atoms with Crippen molar-refractivity contribution in [2.75, 3.05) is 26.2 Å². The fourth-order valence-corrected chi connectivity index (χ4v) is 3.32. The normalized spacial score (nSPS) is 21.1. The molecule has 0 bridgehead atoms. The van der Waals surface area contributed by atoms with Crippen LogP contribution in [0.2, 0.25) is 0 Å². The second kappa shape index (κ2) is 6.45. The smallest absolute Gasteiger partial charge is 0.410 e. The highest BCUT2D eigenvalue weighted by Crippen LogP contribution is 2.41. The Bertz CT molecular complexity index is 482. The van der Waals surface area contributed by atoms with E-state index in [1.807, 2.05) is 46.4 Å². The summed E-state index contributed by atoms with van der Waals surface area (Å²) in [5.41, 5.74) is -0.810. The number of carbonyl (C=O) groups excluding carboxylic acids is 2. The molecule has 0 aliphatic carbocycles. The summed E-state index contributed by atoms with van der Waals surface area (Å²) in [5.74, 6) is 0. The molecule has 2 aliphatic rings. The number of amides is 2. The summed E-state index contributed by atoms with van der Waals surface area (Å²) in [6.45, 7) is 14.1. The Labute approximate surface area is 145 Å². The third kappa shape index (κ3) is 5.02. The minimum Gasteiger partial charge on any atom is -0.444 e. The summed E-state index contributed by atoms with van der Waals surface area (Å²) >= 11 is 0. The molecule has 2 heterocycles. The lowest BCUT2D eigenvalue weighted by molar-refractivity contribution is 0.00776. The topological polar surface area (TPSA) is 59.1 Å². The van der Waals surface area contributed by atoms with Crippen LogP contribution < -0.4 is 0 Å². The molecule has 24 heavy (non-hydrogen) atoms. The molecular weight excluding hydrogens is 308 g/mol. The van der Waals surface area contributed by atoms with E-state index >= 15 is 0 Å². The van der Waals surface area contributed by atoms with Crippen LogP contribution in [0.15, 0.2) is 0 Å². The maximum absolute atomic E-state index is 12.2. The quantitative estimate of drug-likeness (QED) is 0.675. The zero-order valence-electron chi connectivity index (χ0n) is 16.0. The second-order valence-corrected chi connectivity index (χ2v) is 9.12. The maximum Gasteiger partial charge on any atom is 0.410 e. The molecule has 0 aromatic rings. The van der Waals surface area contributed by atoms with Gasteiger partial charge in [-0.2, -0.15) is 0 Å². The van der Waals surface area contributed by atoms with E-state index in [0.29, 0.717) is 13.1 Å². The van der Waals surface area contributed by atoms with Crippen molar-refractivity contribution in [3.8, 4) is 0 Å². The Morgan fingerprint density at radius 3 is 1.54 bits per heavy atom. The van der Waals surface area contributed by atoms with Crippen molar-refractivity contribution in [1.82, 2.24) is 9.80 Å². The number of rotatable bonds is 0. The molecule has 0 atom stereocenters. The summed E-state index contributed by atoms with van der Waals surface area (Å²) in [5, 5.41) is 0. The highest BCUT2D eigenvalue weighted by molar-refractivity contribution is 5.69. The molecule has 0 aromatic carbocycles. The lowest BCUT2D eigenvalue weighted by Crippen LogP contribution is -2.46. The number of carbonyl (C=O) groups is 2. The third-order valence-electron chi connectivity index (χ3n) is 4.57. The van der Waals surface area contributed by atoms with Crippen LogP contribution in [0.5, 0.6) is 0 Å². The van der Waals surface area contributed by atoms with Crippen LogP contribution in [-0.4, -0.2) is 59.4 Å². The van der Waals surface area contributed by atoms with Gasteiger partial charge in [0.15, 0.2) is 0 Å². The summed E-state index contributed by atoms with van der Waals surface area (Å²) < 4.78 is 10.9. The molecule has 2 rings (SSSR count). The number of hydrogen-bond donors (Lipinski definition) is 0. The zero-order chi connectivity index (χ0) is 18.2. The van der Waals surface area contributed by atoms with E-state index in [0.717, 1.165) is 32.4 Å². The molecule has 0 radical (unpaired) electrons. The first-order valence-corrected chi connectivity index (χ1v) is 8.85. The first-order valence-electron chi connectivity index (χ1n) is 8.85. The van der Waals surface area contributed by atoms with Crippen LogP contribution in [0.4, 0.5) is 9.59 Å². The van der Waals surface area contributed by atoms with Crippen molar-refractivity contribution in [2.45, 2.75) is 72.0 Å². The van der Waals surface area contributed by atoms with E-state index in [-0.39, 0.29) is 17.6 Å². The largest absolute Gasteiger partial charge is 0.444 e. The van der Waals surface area contributed by atoms with Crippen molar-refractivity contribution in [2.24, 2.45) is 5.41 Å². The molecule has 6 nitrogen and oxygen atoms in total. The van der Waals surface area contributed by atoms with E-state index in [1.165, 1.54) is 0 Å². The van der Waals surface area contributed by atoms with Gasteiger partial charge in [-0.3, -0.25) is 0 Å². The van der Waals surface area contributed by atoms with Gasteiger partial charge in [-0.15, -0.1) is 0 Å². The van der Waals surface area contributed by atoms with Crippen LogP contribution >= 0.6 is 0 Å². The molecule has 0 aromatic heterocycles. The van der Waals surface area contributed by atoms with Gasteiger partial charge in [-0.25, -0.2) is 9.59 Å². The number of ether oxygens (including phenoxy) is 2. The Balaban J connectivity index is 1.86. The van der Waals surface area contributed by atoms with Crippen molar-refractivity contribution >= 4 is 12.2 Å². The van der Waals surface area contributed by atoms with E-state index in [1.54, 1.807) is 4.90 Å². The summed E-state index contributed by atoms with van der Waals surface area (Å²) in [7, 11) is 0. The number of piperidine rings is 1. The fraction of sp³-hybridized carbons (Fsp3) is 0.889. The van der Waals surface area contributed by atoms with Gasteiger partial charge in [0.1, 0.15) is 11.2 Å². The number of likely N-dealkylation sites (tertiary alicyclic amines) is 2. The van der Waals surface area contributed by atoms with E-state index in [4.69, 9.17) is 9.47 Å². The van der Waals surface area contributed by atoms with Crippen molar-refractivity contribution in [1.29, 1.82) is 0 Å². The van der Waals surface area contributed by atoms with Crippen molar-refractivity contribution < 1.29 is 19.1 Å². The molecule has 2 fully saturated rings. The van der Waals surface area contributed by atoms with E-state index < -0.39 is 11.2 Å². The zero-order valence-corrected chi connectivity index (χ0v) is 16.0. The second-order valence-electron chi connectivity index (χ2n) is 9.12. The van der Waals surface area contributed by atoms with E-state index in [9.17, 15) is 9.59 Å². The van der Waals surface area contributed by atoms with E-state index in [2.05, 4.69) is 0 Å². The SMILES string of the molecule is CC(C)(C)OC(=O)N1CCC2(CC1)CCN(C(=O)OC(C)(C)C)C2. The van der Waals surface area contributed by atoms with Gasteiger partial charge in [0, 0.05) is 26.2 Å².